The molecule has 1 unspecified atom stereocenters. The highest BCUT2D eigenvalue weighted by Gasteiger charge is 2.20. The first-order valence-corrected chi connectivity index (χ1v) is 9.83. The number of thioether (sulfide) groups is 1. The third-order valence-corrected chi connectivity index (χ3v) is 5.37. The van der Waals surface area contributed by atoms with Crippen LogP contribution in [0.4, 0.5) is 0 Å². The first-order chi connectivity index (χ1) is 13.7. The summed E-state index contributed by atoms with van der Waals surface area (Å²) in [6, 6.07) is 19.7. The Bertz CT molecular complexity index is 1090. The molecule has 0 aliphatic rings. The molecular formula is C20H19N5O2S. The summed E-state index contributed by atoms with van der Waals surface area (Å²) in [5.74, 6) is 1.04. The average Bonchev–Trinajstić information content (AvgIpc) is 3.36. The summed E-state index contributed by atoms with van der Waals surface area (Å²) >= 11 is 1.41. The summed E-state index contributed by atoms with van der Waals surface area (Å²) in [4.78, 5) is 16.6. The van der Waals surface area contributed by atoms with Crippen molar-refractivity contribution in [1.29, 1.82) is 0 Å². The normalized spacial score (nSPS) is 12.2. The van der Waals surface area contributed by atoms with Gasteiger partial charge >= 0.3 is 5.69 Å². The van der Waals surface area contributed by atoms with Crippen LogP contribution in [0, 0.1) is 0 Å². The van der Waals surface area contributed by atoms with Gasteiger partial charge in [-0.1, -0.05) is 77.6 Å². The van der Waals surface area contributed by atoms with Gasteiger partial charge < -0.3 is 4.52 Å². The number of nitrogens with one attached hydrogen (secondary N) is 1. The second-order valence-electron chi connectivity index (χ2n) is 6.28. The lowest BCUT2D eigenvalue weighted by Crippen LogP contribution is -2.19. The molecule has 0 saturated heterocycles. The average molecular weight is 393 g/mol. The van der Waals surface area contributed by atoms with Crippen molar-refractivity contribution in [2.24, 2.45) is 0 Å². The lowest BCUT2D eigenvalue weighted by Gasteiger charge is -2.08. The number of aryl methyl sites for hydroxylation is 1. The van der Waals surface area contributed by atoms with Crippen LogP contribution in [0.2, 0.25) is 0 Å². The van der Waals surface area contributed by atoms with Crippen molar-refractivity contribution < 1.29 is 4.52 Å². The standard InChI is InChI=1S/C20H19N5O2S/c1-14(18-21-17(24-27-18)16-10-6-3-7-11-16)28-20-23-22-19(26)25(20)13-12-15-8-4-2-5-9-15/h2-11,14H,12-13H2,1H3,(H,22,26). The molecule has 0 fully saturated rings. The summed E-state index contributed by atoms with van der Waals surface area (Å²) in [6.07, 6.45) is 0.751. The van der Waals surface area contributed by atoms with Crippen LogP contribution in [0.5, 0.6) is 0 Å². The van der Waals surface area contributed by atoms with Gasteiger partial charge in [0.15, 0.2) is 5.16 Å². The van der Waals surface area contributed by atoms with Crippen molar-refractivity contribution in [3.8, 4) is 11.4 Å². The van der Waals surface area contributed by atoms with Crippen LogP contribution in [0.3, 0.4) is 0 Å². The fourth-order valence-corrected chi connectivity index (χ4v) is 3.70. The van der Waals surface area contributed by atoms with Gasteiger partial charge in [-0.2, -0.15) is 4.98 Å². The van der Waals surface area contributed by atoms with E-state index in [9.17, 15) is 4.79 Å². The maximum absolute atomic E-state index is 12.1. The van der Waals surface area contributed by atoms with Crippen molar-refractivity contribution in [2.45, 2.75) is 30.3 Å². The molecular weight excluding hydrogens is 374 g/mol. The predicted molar refractivity (Wildman–Crippen MR) is 107 cm³/mol. The molecule has 4 aromatic rings. The van der Waals surface area contributed by atoms with E-state index in [1.165, 1.54) is 17.3 Å². The SMILES string of the molecule is CC(Sc1n[nH]c(=O)n1CCc1ccccc1)c1nc(-c2ccccc2)no1. The summed E-state index contributed by atoms with van der Waals surface area (Å²) in [6.45, 7) is 2.50. The van der Waals surface area contributed by atoms with E-state index < -0.39 is 0 Å². The third-order valence-electron chi connectivity index (χ3n) is 4.29. The molecule has 0 amide bonds. The van der Waals surface area contributed by atoms with Crippen LogP contribution in [0.1, 0.15) is 23.6 Å². The van der Waals surface area contributed by atoms with E-state index in [2.05, 4.69) is 20.3 Å². The van der Waals surface area contributed by atoms with E-state index in [-0.39, 0.29) is 10.9 Å². The van der Waals surface area contributed by atoms with Gasteiger partial charge in [-0.3, -0.25) is 4.57 Å². The topological polar surface area (TPSA) is 89.6 Å². The van der Waals surface area contributed by atoms with Crippen molar-refractivity contribution in [2.75, 3.05) is 0 Å². The Morgan fingerprint density at radius 3 is 2.57 bits per heavy atom. The molecule has 2 heterocycles. The molecule has 7 nitrogen and oxygen atoms in total. The highest BCUT2D eigenvalue weighted by molar-refractivity contribution is 7.99. The third kappa shape index (κ3) is 4.07. The van der Waals surface area contributed by atoms with Crippen LogP contribution in [-0.4, -0.2) is 24.9 Å². The van der Waals surface area contributed by atoms with Gasteiger partial charge in [0.05, 0.1) is 5.25 Å². The molecule has 1 atom stereocenters. The molecule has 142 valence electrons. The van der Waals surface area contributed by atoms with Crippen molar-refractivity contribution >= 4 is 11.8 Å². The van der Waals surface area contributed by atoms with Gasteiger partial charge in [-0.05, 0) is 18.9 Å². The first-order valence-electron chi connectivity index (χ1n) is 8.95. The van der Waals surface area contributed by atoms with Crippen molar-refractivity contribution in [1.82, 2.24) is 24.9 Å². The molecule has 2 aromatic carbocycles. The van der Waals surface area contributed by atoms with Crippen LogP contribution in [0.15, 0.2) is 75.1 Å². The smallest absolute Gasteiger partial charge is 0.338 e. The highest BCUT2D eigenvalue weighted by atomic mass is 32.2. The number of rotatable bonds is 7. The zero-order valence-electron chi connectivity index (χ0n) is 15.3. The van der Waals surface area contributed by atoms with Gasteiger partial charge in [0.25, 0.3) is 0 Å². The Hall–Kier alpha value is -3.13. The molecule has 4 rings (SSSR count). The van der Waals surface area contributed by atoms with E-state index in [0.29, 0.717) is 23.4 Å². The lowest BCUT2D eigenvalue weighted by molar-refractivity contribution is 0.380. The lowest BCUT2D eigenvalue weighted by atomic mass is 10.1. The van der Waals surface area contributed by atoms with E-state index in [1.807, 2.05) is 67.6 Å². The van der Waals surface area contributed by atoms with Crippen LogP contribution >= 0.6 is 11.8 Å². The van der Waals surface area contributed by atoms with Gasteiger partial charge in [-0.15, -0.1) is 5.10 Å². The van der Waals surface area contributed by atoms with Gasteiger partial charge in [0.1, 0.15) is 0 Å². The number of aromatic nitrogens is 5. The number of aromatic amines is 1. The van der Waals surface area contributed by atoms with Crippen LogP contribution in [-0.2, 0) is 13.0 Å². The fourth-order valence-electron chi connectivity index (χ4n) is 2.79. The maximum atomic E-state index is 12.1. The molecule has 0 aliphatic heterocycles. The Balaban J connectivity index is 1.47. The number of H-pyrrole nitrogens is 1. The largest absolute Gasteiger partial charge is 0.343 e. The molecule has 0 aliphatic carbocycles. The number of nitrogens with zero attached hydrogens (tertiary/aromatic N) is 4. The van der Waals surface area contributed by atoms with Crippen LogP contribution in [0.25, 0.3) is 11.4 Å². The summed E-state index contributed by atoms with van der Waals surface area (Å²) in [5.41, 5.74) is 1.85. The highest BCUT2D eigenvalue weighted by Crippen LogP contribution is 2.33. The molecule has 0 saturated carbocycles. The van der Waals surface area contributed by atoms with Crippen molar-refractivity contribution in [3.63, 3.8) is 0 Å². The molecule has 0 spiro atoms. The number of benzene rings is 2. The minimum absolute atomic E-state index is 0.143. The Morgan fingerprint density at radius 1 is 1.11 bits per heavy atom. The van der Waals surface area contributed by atoms with Crippen molar-refractivity contribution in [3.05, 3.63) is 82.6 Å². The van der Waals surface area contributed by atoms with Gasteiger partial charge in [0.2, 0.25) is 11.7 Å². The summed E-state index contributed by atoms with van der Waals surface area (Å²) in [7, 11) is 0. The molecule has 2 aromatic heterocycles. The second kappa shape index (κ2) is 8.26. The molecule has 8 heteroatoms. The summed E-state index contributed by atoms with van der Waals surface area (Å²) < 4.78 is 7.06. The fraction of sp³-hybridized carbons (Fsp3) is 0.200. The number of hydrogen-bond acceptors (Lipinski definition) is 6. The van der Waals surface area contributed by atoms with Gasteiger partial charge in [-0.25, -0.2) is 9.89 Å². The Morgan fingerprint density at radius 2 is 1.82 bits per heavy atom. The second-order valence-corrected chi connectivity index (χ2v) is 7.59. The quantitative estimate of drug-likeness (QED) is 0.481. The molecule has 0 bridgehead atoms. The van der Waals surface area contributed by atoms with E-state index in [4.69, 9.17) is 4.52 Å². The van der Waals surface area contributed by atoms with E-state index >= 15 is 0 Å². The Kier molecular flexibility index (Phi) is 5.38. The Labute approximate surface area is 165 Å². The van der Waals surface area contributed by atoms with E-state index in [0.717, 1.165) is 12.0 Å². The minimum Gasteiger partial charge on any atom is -0.338 e. The van der Waals surface area contributed by atoms with Crippen LogP contribution < -0.4 is 5.69 Å². The monoisotopic (exact) mass is 393 g/mol. The minimum atomic E-state index is -0.221. The number of hydrogen-bond donors (Lipinski definition) is 1. The first kappa shape index (κ1) is 18.2. The molecule has 0 radical (unpaired) electrons. The zero-order valence-corrected chi connectivity index (χ0v) is 16.1. The summed E-state index contributed by atoms with van der Waals surface area (Å²) in [5, 5.41) is 11.2. The zero-order chi connectivity index (χ0) is 19.3. The molecule has 1 N–H and O–H groups in total. The van der Waals surface area contributed by atoms with Gasteiger partial charge in [0, 0.05) is 12.1 Å². The molecule has 28 heavy (non-hydrogen) atoms. The predicted octanol–water partition coefficient (Wildman–Crippen LogP) is 3.72. The van der Waals surface area contributed by atoms with E-state index in [1.54, 1.807) is 4.57 Å². The maximum Gasteiger partial charge on any atom is 0.343 e.